The maximum atomic E-state index is 12.1. The second kappa shape index (κ2) is 2.64. The molecule has 0 radical (unpaired) electrons. The molecule has 0 spiro atoms. The minimum Gasteiger partial charge on any atom is -0.250 e. The first-order valence-electron chi connectivity index (χ1n) is 3.44. The van der Waals surface area contributed by atoms with Crippen LogP contribution >= 0.6 is 0 Å². The molecule has 0 heterocycles. The third-order valence-corrected chi connectivity index (χ3v) is 2.70. The molecule has 0 amide bonds. The first-order chi connectivity index (χ1) is 5.20. The lowest BCUT2D eigenvalue weighted by molar-refractivity contribution is 0.151. The van der Waals surface area contributed by atoms with Gasteiger partial charge in [0.15, 0.2) is 0 Å². The fourth-order valence-corrected chi connectivity index (χ4v) is 1.43. The van der Waals surface area contributed by atoms with Crippen LogP contribution in [0.15, 0.2) is 0 Å². The second-order valence-corrected chi connectivity index (χ2v) is 3.27. The first kappa shape index (κ1) is 8.81. The Hall–Kier alpha value is -0.280. The molecular formula is C7H10F4. The molecule has 0 aromatic heterocycles. The van der Waals surface area contributed by atoms with Gasteiger partial charge in [0, 0.05) is 10.8 Å². The van der Waals surface area contributed by atoms with Crippen molar-refractivity contribution >= 4 is 0 Å². The van der Waals surface area contributed by atoms with Gasteiger partial charge in [-0.05, 0) is 6.42 Å². The van der Waals surface area contributed by atoms with Gasteiger partial charge in [0.1, 0.15) is 0 Å². The highest BCUT2D eigenvalue weighted by Crippen LogP contribution is 2.64. The topological polar surface area (TPSA) is 0 Å². The normalized spacial score (nSPS) is 25.1. The summed E-state index contributed by atoms with van der Waals surface area (Å²) in [5.74, 6) is 0. The van der Waals surface area contributed by atoms with Crippen LogP contribution in [0.2, 0.25) is 0 Å². The molecule has 0 atom stereocenters. The number of alkyl halides is 4. The minimum atomic E-state index is -1.34. The summed E-state index contributed by atoms with van der Waals surface area (Å²) in [6.07, 6.45) is 0. The van der Waals surface area contributed by atoms with Crippen LogP contribution < -0.4 is 0 Å². The molecule has 0 unspecified atom stereocenters. The fourth-order valence-electron chi connectivity index (χ4n) is 1.43. The van der Waals surface area contributed by atoms with Gasteiger partial charge in [0.25, 0.3) is 0 Å². The third kappa shape index (κ3) is 0.948. The summed E-state index contributed by atoms with van der Waals surface area (Å²) in [5.41, 5.74) is -2.67. The van der Waals surface area contributed by atoms with Crippen LogP contribution in [-0.2, 0) is 0 Å². The van der Waals surface area contributed by atoms with Gasteiger partial charge in [-0.1, -0.05) is 0 Å². The molecule has 0 N–H and O–H groups in total. The van der Waals surface area contributed by atoms with Crippen LogP contribution in [0.25, 0.3) is 0 Å². The molecule has 0 aromatic rings. The van der Waals surface area contributed by atoms with Crippen molar-refractivity contribution in [2.75, 3.05) is 26.7 Å². The Kier molecular flexibility index (Phi) is 2.12. The van der Waals surface area contributed by atoms with Crippen LogP contribution in [0.1, 0.15) is 6.42 Å². The monoisotopic (exact) mass is 170 g/mol. The molecule has 0 nitrogen and oxygen atoms in total. The maximum Gasteiger partial charge on any atom is 0.0983 e. The van der Waals surface area contributed by atoms with E-state index < -0.39 is 37.5 Å². The molecule has 1 fully saturated rings. The van der Waals surface area contributed by atoms with Crippen molar-refractivity contribution in [2.24, 2.45) is 10.8 Å². The van der Waals surface area contributed by atoms with E-state index in [9.17, 15) is 17.6 Å². The van der Waals surface area contributed by atoms with E-state index in [1.54, 1.807) is 0 Å². The van der Waals surface area contributed by atoms with Crippen molar-refractivity contribution in [2.45, 2.75) is 6.42 Å². The average molecular weight is 170 g/mol. The van der Waals surface area contributed by atoms with Crippen molar-refractivity contribution in [3.8, 4) is 0 Å². The van der Waals surface area contributed by atoms with E-state index in [1.807, 2.05) is 0 Å². The molecule has 11 heavy (non-hydrogen) atoms. The van der Waals surface area contributed by atoms with Crippen LogP contribution in [0.5, 0.6) is 0 Å². The molecule has 0 saturated heterocycles. The highest BCUT2D eigenvalue weighted by molar-refractivity contribution is 5.14. The zero-order chi connectivity index (χ0) is 8.54. The number of halogens is 4. The Labute approximate surface area is 62.6 Å². The van der Waals surface area contributed by atoms with E-state index in [2.05, 4.69) is 0 Å². The summed E-state index contributed by atoms with van der Waals surface area (Å²) in [4.78, 5) is 0. The van der Waals surface area contributed by atoms with E-state index in [4.69, 9.17) is 0 Å². The predicted molar refractivity (Wildman–Crippen MR) is 33.4 cm³/mol. The van der Waals surface area contributed by atoms with E-state index in [0.29, 0.717) is 0 Å². The Bertz CT molecular complexity index is 121. The molecule has 1 aliphatic carbocycles. The van der Waals surface area contributed by atoms with Crippen molar-refractivity contribution in [1.29, 1.82) is 0 Å². The largest absolute Gasteiger partial charge is 0.250 e. The van der Waals surface area contributed by atoms with E-state index >= 15 is 0 Å². The molecule has 1 saturated carbocycles. The predicted octanol–water partition coefficient (Wildman–Crippen LogP) is 2.24. The smallest absolute Gasteiger partial charge is 0.0983 e. The number of hydrogen-bond acceptors (Lipinski definition) is 0. The third-order valence-electron chi connectivity index (χ3n) is 2.70. The summed E-state index contributed by atoms with van der Waals surface area (Å²) >= 11 is 0. The Morgan fingerprint density at radius 1 is 0.727 bits per heavy atom. The van der Waals surface area contributed by atoms with Gasteiger partial charge >= 0.3 is 0 Å². The maximum absolute atomic E-state index is 12.1. The Morgan fingerprint density at radius 3 is 1.09 bits per heavy atom. The van der Waals surface area contributed by atoms with Crippen LogP contribution in [0, 0.1) is 10.8 Å². The van der Waals surface area contributed by atoms with Crippen molar-refractivity contribution < 1.29 is 17.6 Å². The van der Waals surface area contributed by atoms with Crippen molar-refractivity contribution in [1.82, 2.24) is 0 Å². The molecule has 1 rings (SSSR count). The lowest BCUT2D eigenvalue weighted by Crippen LogP contribution is -2.22. The zero-order valence-electron chi connectivity index (χ0n) is 6.05. The van der Waals surface area contributed by atoms with Gasteiger partial charge < -0.3 is 0 Å². The summed E-state index contributed by atoms with van der Waals surface area (Å²) in [5, 5.41) is 0. The standard InChI is InChI=1S/C7H10F4/c8-2-6(3-9)1-7(6,4-10)5-11/h1-5H2. The first-order valence-corrected chi connectivity index (χ1v) is 3.44. The minimum absolute atomic E-state index is 0. The highest BCUT2D eigenvalue weighted by Gasteiger charge is 2.68. The van der Waals surface area contributed by atoms with Gasteiger partial charge in [-0.2, -0.15) is 0 Å². The zero-order valence-corrected chi connectivity index (χ0v) is 6.05. The van der Waals surface area contributed by atoms with Gasteiger partial charge in [-0.15, -0.1) is 0 Å². The second-order valence-electron chi connectivity index (χ2n) is 3.27. The van der Waals surface area contributed by atoms with Gasteiger partial charge in [0.2, 0.25) is 0 Å². The summed E-state index contributed by atoms with van der Waals surface area (Å²) in [7, 11) is 0. The lowest BCUT2D eigenvalue weighted by Gasteiger charge is -2.13. The molecule has 0 bridgehead atoms. The summed E-state index contributed by atoms with van der Waals surface area (Å²) in [6, 6.07) is 0. The summed E-state index contributed by atoms with van der Waals surface area (Å²) < 4.78 is 48.5. The Balaban J connectivity index is 2.65. The molecule has 0 aliphatic heterocycles. The Morgan fingerprint density at radius 2 is 1.00 bits per heavy atom. The summed E-state index contributed by atoms with van der Waals surface area (Å²) in [6.45, 7) is -3.84. The van der Waals surface area contributed by atoms with Crippen LogP contribution in [0.4, 0.5) is 17.6 Å². The van der Waals surface area contributed by atoms with Gasteiger partial charge in [-0.3, -0.25) is 17.6 Å². The molecular weight excluding hydrogens is 160 g/mol. The lowest BCUT2D eigenvalue weighted by atomic mass is 9.97. The number of rotatable bonds is 4. The highest BCUT2D eigenvalue weighted by atomic mass is 19.1. The van der Waals surface area contributed by atoms with Crippen LogP contribution in [0.3, 0.4) is 0 Å². The van der Waals surface area contributed by atoms with E-state index in [0.717, 1.165) is 0 Å². The fraction of sp³-hybridized carbons (Fsp3) is 1.00. The van der Waals surface area contributed by atoms with Gasteiger partial charge in [0.05, 0.1) is 26.7 Å². The van der Waals surface area contributed by atoms with E-state index in [-0.39, 0.29) is 6.42 Å². The molecule has 0 aromatic carbocycles. The molecule has 66 valence electrons. The molecule has 4 heteroatoms. The molecule has 1 aliphatic rings. The van der Waals surface area contributed by atoms with Crippen molar-refractivity contribution in [3.05, 3.63) is 0 Å². The van der Waals surface area contributed by atoms with Gasteiger partial charge in [-0.25, -0.2) is 0 Å². The average Bonchev–Trinajstić information content (AvgIpc) is 2.75. The van der Waals surface area contributed by atoms with Crippen molar-refractivity contribution in [3.63, 3.8) is 0 Å². The van der Waals surface area contributed by atoms with Crippen LogP contribution in [-0.4, -0.2) is 26.7 Å². The SMILES string of the molecule is FCC1(CF)CC1(CF)CF. The number of hydrogen-bond donors (Lipinski definition) is 0. The quantitative estimate of drug-likeness (QED) is 0.567. The van der Waals surface area contributed by atoms with E-state index in [1.165, 1.54) is 0 Å².